The van der Waals surface area contributed by atoms with Crippen LogP contribution in [0, 0.1) is 0 Å². The lowest BCUT2D eigenvalue weighted by Crippen LogP contribution is -2.34. The Morgan fingerprint density at radius 3 is 2.92 bits per heavy atom. The first-order valence-corrected chi connectivity index (χ1v) is 8.32. The molecule has 0 unspecified atom stereocenters. The lowest BCUT2D eigenvalue weighted by molar-refractivity contribution is -0.0231. The SMILES string of the molecule is CNC(=S)N(O)Cc1ccc2c(OC3=CCCC=C3)cccc2c1. The van der Waals surface area contributed by atoms with E-state index in [1.807, 2.05) is 42.5 Å². The largest absolute Gasteiger partial charge is 0.457 e. The molecular formula is C19H20N2O2S. The second-order valence-corrected chi connectivity index (χ2v) is 6.00. The van der Waals surface area contributed by atoms with Crippen LogP contribution in [0.5, 0.6) is 5.75 Å². The monoisotopic (exact) mass is 340 g/mol. The standard InChI is InChI=1S/C19H20N2O2S/c1-20-19(24)21(22)13-14-10-11-17-15(12-14)6-5-9-18(17)23-16-7-3-2-4-8-16/h3,5-12,22H,2,4,13H2,1H3,(H,20,24). The van der Waals surface area contributed by atoms with Gasteiger partial charge in [-0.15, -0.1) is 0 Å². The van der Waals surface area contributed by atoms with Gasteiger partial charge in [0.25, 0.3) is 0 Å². The van der Waals surface area contributed by atoms with Gasteiger partial charge < -0.3 is 10.1 Å². The van der Waals surface area contributed by atoms with Gasteiger partial charge in [0.05, 0.1) is 6.54 Å². The van der Waals surface area contributed by atoms with Crippen LogP contribution in [0.4, 0.5) is 0 Å². The first-order valence-electron chi connectivity index (χ1n) is 7.91. The van der Waals surface area contributed by atoms with Crippen molar-refractivity contribution in [1.29, 1.82) is 0 Å². The molecule has 0 saturated carbocycles. The second kappa shape index (κ2) is 7.47. The Balaban J connectivity index is 1.85. The van der Waals surface area contributed by atoms with E-state index >= 15 is 0 Å². The summed E-state index contributed by atoms with van der Waals surface area (Å²) in [6.45, 7) is 0.328. The first-order chi connectivity index (χ1) is 11.7. The van der Waals surface area contributed by atoms with Crippen LogP contribution in [0.2, 0.25) is 0 Å². The average molecular weight is 340 g/mol. The van der Waals surface area contributed by atoms with E-state index in [1.165, 1.54) is 0 Å². The van der Waals surface area contributed by atoms with Crippen LogP contribution in [-0.2, 0) is 6.54 Å². The van der Waals surface area contributed by atoms with E-state index in [4.69, 9.17) is 17.0 Å². The molecule has 0 radical (unpaired) electrons. The Bertz CT molecular complexity index is 814. The summed E-state index contributed by atoms with van der Waals surface area (Å²) in [6.07, 6.45) is 8.32. The molecule has 0 saturated heterocycles. The van der Waals surface area contributed by atoms with E-state index in [9.17, 15) is 5.21 Å². The number of benzene rings is 2. The Labute approximate surface area is 147 Å². The van der Waals surface area contributed by atoms with Gasteiger partial charge in [0.15, 0.2) is 5.11 Å². The minimum absolute atomic E-state index is 0.295. The number of allylic oxidation sites excluding steroid dienone is 3. The molecule has 3 rings (SSSR count). The lowest BCUT2D eigenvalue weighted by Gasteiger charge is -2.17. The molecule has 5 heteroatoms. The van der Waals surface area contributed by atoms with Crippen molar-refractivity contribution in [2.45, 2.75) is 19.4 Å². The molecular weight excluding hydrogens is 320 g/mol. The molecule has 0 spiro atoms. The van der Waals surface area contributed by atoms with Gasteiger partial charge in [-0.05, 0) is 60.3 Å². The quantitative estimate of drug-likeness (QED) is 0.647. The second-order valence-electron chi connectivity index (χ2n) is 5.61. The molecule has 124 valence electrons. The summed E-state index contributed by atoms with van der Waals surface area (Å²) in [5.41, 5.74) is 0.969. The summed E-state index contributed by atoms with van der Waals surface area (Å²) in [6, 6.07) is 12.0. The van der Waals surface area contributed by atoms with E-state index in [1.54, 1.807) is 7.05 Å². The molecule has 2 N–H and O–H groups in total. The van der Waals surface area contributed by atoms with Crippen molar-refractivity contribution < 1.29 is 9.94 Å². The van der Waals surface area contributed by atoms with Crippen LogP contribution < -0.4 is 10.1 Å². The maximum absolute atomic E-state index is 9.90. The van der Waals surface area contributed by atoms with Gasteiger partial charge in [0.1, 0.15) is 11.5 Å². The Kier molecular flexibility index (Phi) is 5.13. The molecule has 4 nitrogen and oxygen atoms in total. The summed E-state index contributed by atoms with van der Waals surface area (Å²) >= 11 is 5.02. The van der Waals surface area contributed by atoms with Gasteiger partial charge in [-0.3, -0.25) is 5.21 Å². The molecule has 1 aliphatic carbocycles. The minimum Gasteiger partial charge on any atom is -0.457 e. The summed E-state index contributed by atoms with van der Waals surface area (Å²) in [5.74, 6) is 1.72. The molecule has 0 aliphatic heterocycles. The van der Waals surface area contributed by atoms with Crippen LogP contribution in [0.1, 0.15) is 18.4 Å². The average Bonchev–Trinajstić information content (AvgIpc) is 2.62. The van der Waals surface area contributed by atoms with Crippen molar-refractivity contribution in [3.63, 3.8) is 0 Å². The number of nitrogens with zero attached hydrogens (tertiary/aromatic N) is 1. The Morgan fingerprint density at radius 2 is 2.17 bits per heavy atom. The number of fused-ring (bicyclic) bond motifs is 1. The number of thiocarbonyl (C=S) groups is 1. The summed E-state index contributed by atoms with van der Waals surface area (Å²) < 4.78 is 6.03. The van der Waals surface area contributed by atoms with Crippen molar-refractivity contribution in [3.05, 3.63) is 65.9 Å². The fraction of sp³-hybridized carbons (Fsp3) is 0.211. The number of ether oxygens (including phenoxy) is 1. The normalized spacial score (nSPS) is 13.5. The van der Waals surface area contributed by atoms with Crippen LogP contribution in [0.25, 0.3) is 10.8 Å². The molecule has 0 heterocycles. The molecule has 24 heavy (non-hydrogen) atoms. The summed E-state index contributed by atoms with van der Waals surface area (Å²) in [4.78, 5) is 0. The summed E-state index contributed by atoms with van der Waals surface area (Å²) in [7, 11) is 1.68. The highest BCUT2D eigenvalue weighted by molar-refractivity contribution is 7.80. The molecule has 0 fully saturated rings. The molecule has 2 aromatic rings. The van der Waals surface area contributed by atoms with E-state index in [0.717, 1.165) is 45.7 Å². The van der Waals surface area contributed by atoms with Gasteiger partial charge in [-0.25, -0.2) is 5.06 Å². The fourth-order valence-electron chi connectivity index (χ4n) is 2.66. The highest BCUT2D eigenvalue weighted by Gasteiger charge is 2.09. The van der Waals surface area contributed by atoms with Gasteiger partial charge in [-0.1, -0.05) is 30.3 Å². The fourth-order valence-corrected chi connectivity index (χ4v) is 2.72. The predicted octanol–water partition coefficient (Wildman–Crippen LogP) is 4.15. The third-order valence-electron chi connectivity index (χ3n) is 3.87. The van der Waals surface area contributed by atoms with E-state index in [0.29, 0.717) is 11.7 Å². The first kappa shape index (κ1) is 16.5. The zero-order chi connectivity index (χ0) is 16.9. The number of hydrogen-bond donors (Lipinski definition) is 2. The van der Waals surface area contributed by atoms with Crippen molar-refractivity contribution in [2.24, 2.45) is 0 Å². The van der Waals surface area contributed by atoms with Gasteiger partial charge in [-0.2, -0.15) is 0 Å². The molecule has 0 aromatic heterocycles. The Hall–Kier alpha value is -2.37. The summed E-state index contributed by atoms with van der Waals surface area (Å²) in [5, 5.41) is 16.1. The molecule has 0 bridgehead atoms. The molecule has 2 aromatic carbocycles. The third kappa shape index (κ3) is 3.75. The lowest BCUT2D eigenvalue weighted by atomic mass is 10.1. The van der Waals surface area contributed by atoms with E-state index in [2.05, 4.69) is 17.5 Å². The number of hydrogen-bond acceptors (Lipinski definition) is 3. The smallest absolute Gasteiger partial charge is 0.193 e. The zero-order valence-electron chi connectivity index (χ0n) is 13.5. The van der Waals surface area contributed by atoms with Crippen molar-refractivity contribution in [1.82, 2.24) is 10.4 Å². The van der Waals surface area contributed by atoms with Crippen molar-refractivity contribution >= 4 is 28.1 Å². The maximum atomic E-state index is 9.90. The van der Waals surface area contributed by atoms with E-state index < -0.39 is 0 Å². The van der Waals surface area contributed by atoms with Crippen LogP contribution in [0.3, 0.4) is 0 Å². The maximum Gasteiger partial charge on any atom is 0.193 e. The third-order valence-corrected chi connectivity index (χ3v) is 4.29. The van der Waals surface area contributed by atoms with Gasteiger partial charge >= 0.3 is 0 Å². The number of hydroxylamine groups is 2. The molecule has 0 amide bonds. The minimum atomic E-state index is 0.295. The highest BCUT2D eigenvalue weighted by atomic mass is 32.1. The topological polar surface area (TPSA) is 44.7 Å². The van der Waals surface area contributed by atoms with Gasteiger partial charge in [0.2, 0.25) is 0 Å². The molecule has 1 aliphatic rings. The molecule has 0 atom stereocenters. The van der Waals surface area contributed by atoms with Crippen molar-refractivity contribution in [3.8, 4) is 5.75 Å². The van der Waals surface area contributed by atoms with Crippen LogP contribution in [-0.4, -0.2) is 22.4 Å². The van der Waals surface area contributed by atoms with Crippen LogP contribution >= 0.6 is 12.2 Å². The van der Waals surface area contributed by atoms with Crippen molar-refractivity contribution in [2.75, 3.05) is 7.05 Å². The number of nitrogens with one attached hydrogen (secondary N) is 1. The Morgan fingerprint density at radius 1 is 1.29 bits per heavy atom. The number of rotatable bonds is 4. The van der Waals surface area contributed by atoms with Gasteiger partial charge in [0, 0.05) is 12.4 Å². The van der Waals surface area contributed by atoms with Crippen LogP contribution in [0.15, 0.2) is 60.4 Å². The highest BCUT2D eigenvalue weighted by Crippen LogP contribution is 2.29. The predicted molar refractivity (Wildman–Crippen MR) is 100 cm³/mol. The zero-order valence-corrected chi connectivity index (χ0v) is 14.3. The van der Waals surface area contributed by atoms with E-state index in [-0.39, 0.29) is 0 Å².